The molecule has 0 fully saturated rings. The van der Waals surface area contributed by atoms with Crippen molar-refractivity contribution in [1.29, 1.82) is 10.5 Å². The predicted molar refractivity (Wildman–Crippen MR) is 238 cm³/mol. The van der Waals surface area contributed by atoms with Crippen molar-refractivity contribution in [3.05, 3.63) is 91.8 Å². The van der Waals surface area contributed by atoms with Crippen LogP contribution >= 0.6 is 11.8 Å². The number of nitriles is 2. The highest BCUT2D eigenvalue weighted by Crippen LogP contribution is 2.41. The van der Waals surface area contributed by atoms with Crippen molar-refractivity contribution in [2.24, 2.45) is 5.92 Å². The Morgan fingerprint density at radius 2 is 1.19 bits per heavy atom. The number of thioether (sulfide) groups is 1. The van der Waals surface area contributed by atoms with Gasteiger partial charge in [0.25, 0.3) is 5.91 Å². The number of hydrogen-bond donors (Lipinski definition) is 1. The molecule has 5 atom stereocenters. The van der Waals surface area contributed by atoms with Gasteiger partial charge in [0.15, 0.2) is 18.7 Å². The molecule has 22 heteroatoms. The highest BCUT2D eigenvalue weighted by Gasteiger charge is 2.38. The standard InChI is InChI=1S/C46H57N3O18S/c1-5-40(51)59-21-15-55-14-20-58-33(4)65-30-46(31-66-43(27-47)62-24-18-56-16-22-60-41(52)6-2,32-67-44(28-48)63-25-19-57-17-23-61-42(53)7-3)49-39(50)29-64-34-12-13-38-36(26-34)45(54)35-10-8-9-11-37(35)68-38/h5-13,26,33,36,38,43-44H,1-3,14-25,29-32H2,4H3,(H,49,50). The van der Waals surface area contributed by atoms with Gasteiger partial charge in [-0.2, -0.15) is 10.5 Å². The first kappa shape index (κ1) is 56.6. The van der Waals surface area contributed by atoms with Gasteiger partial charge in [0.1, 0.15) is 43.3 Å². The van der Waals surface area contributed by atoms with Crippen LogP contribution in [0.2, 0.25) is 0 Å². The van der Waals surface area contributed by atoms with Crippen LogP contribution < -0.4 is 5.32 Å². The van der Waals surface area contributed by atoms with Crippen molar-refractivity contribution in [2.75, 3.05) is 106 Å². The number of carbonyl (C=O) groups is 5. The molecule has 0 bridgehead atoms. The SMILES string of the molecule is C=CC(=O)OCCOCCOC(C)OCC(COC(C#N)OCCOCCOC(=O)C=C)(COC(C#N)OCCOCCOC(=O)C=C)NC(=O)COC1=CC2C(=O)c3ccccc3SC2C=C1. The lowest BCUT2D eigenvalue weighted by Gasteiger charge is -2.36. The van der Waals surface area contributed by atoms with Crippen molar-refractivity contribution >= 4 is 41.4 Å². The summed E-state index contributed by atoms with van der Waals surface area (Å²) in [5, 5.41) is 22.5. The van der Waals surface area contributed by atoms with E-state index in [1.165, 1.54) is 0 Å². The largest absolute Gasteiger partial charge is 0.484 e. The van der Waals surface area contributed by atoms with Crippen LogP contribution in [-0.4, -0.2) is 165 Å². The molecule has 1 heterocycles. The molecule has 21 nitrogen and oxygen atoms in total. The van der Waals surface area contributed by atoms with Gasteiger partial charge >= 0.3 is 17.9 Å². The maximum atomic E-state index is 13.9. The molecule has 1 amide bonds. The zero-order chi connectivity index (χ0) is 49.4. The zero-order valence-electron chi connectivity index (χ0n) is 37.7. The topological polar surface area (TPSA) is 265 Å². The molecular weight excluding hydrogens is 915 g/mol. The summed E-state index contributed by atoms with van der Waals surface area (Å²) in [5.74, 6) is -2.85. The van der Waals surface area contributed by atoms with Crippen molar-refractivity contribution in [3.8, 4) is 12.1 Å². The van der Waals surface area contributed by atoms with Gasteiger partial charge in [-0.25, -0.2) is 14.4 Å². The minimum absolute atomic E-state index is 0.00451. The Balaban J connectivity index is 1.75. The highest BCUT2D eigenvalue weighted by atomic mass is 32.2. The number of ketones is 1. The summed E-state index contributed by atoms with van der Waals surface area (Å²) in [5.41, 5.74) is -1.11. The Hall–Kier alpha value is -5.76. The van der Waals surface area contributed by atoms with E-state index < -0.39 is 80.6 Å². The number of hydrogen-bond acceptors (Lipinski definition) is 21. The number of benzene rings is 1. The van der Waals surface area contributed by atoms with Crippen LogP contribution in [0.1, 0.15) is 17.3 Å². The Bertz CT molecular complexity index is 1910. The number of amides is 1. The van der Waals surface area contributed by atoms with Crippen LogP contribution in [0.15, 0.2) is 91.1 Å². The van der Waals surface area contributed by atoms with E-state index in [1.54, 1.807) is 43.0 Å². The van der Waals surface area contributed by atoms with E-state index in [4.69, 9.17) is 61.6 Å². The molecule has 370 valence electrons. The third-order valence-corrected chi connectivity index (χ3v) is 10.3. The molecule has 1 aromatic rings. The van der Waals surface area contributed by atoms with Gasteiger partial charge in [0.2, 0.25) is 12.6 Å². The summed E-state index contributed by atoms with van der Waals surface area (Å²) in [6, 6.07) is 11.1. The summed E-state index contributed by atoms with van der Waals surface area (Å²) in [7, 11) is 0. The molecule has 0 spiro atoms. The second kappa shape index (κ2) is 32.9. The Morgan fingerprint density at radius 3 is 1.71 bits per heavy atom. The normalized spacial score (nSPS) is 16.9. The maximum absolute atomic E-state index is 13.9. The molecule has 2 aliphatic rings. The van der Waals surface area contributed by atoms with Gasteiger partial charge in [-0.3, -0.25) is 9.59 Å². The number of ether oxygens (including phenoxy) is 13. The van der Waals surface area contributed by atoms with E-state index in [9.17, 15) is 34.5 Å². The van der Waals surface area contributed by atoms with Gasteiger partial charge in [-0.15, -0.1) is 11.8 Å². The molecule has 0 aromatic heterocycles. The second-order valence-electron chi connectivity index (χ2n) is 14.0. The number of esters is 3. The van der Waals surface area contributed by atoms with Crippen LogP contribution in [0, 0.1) is 28.6 Å². The number of nitrogens with one attached hydrogen (secondary N) is 1. The van der Waals surface area contributed by atoms with E-state index in [0.717, 1.165) is 23.1 Å². The minimum Gasteiger partial charge on any atom is -0.484 e. The lowest BCUT2D eigenvalue weighted by Crippen LogP contribution is -2.60. The fraction of sp³-hybridized carbons (Fsp3) is 0.500. The van der Waals surface area contributed by atoms with Crippen LogP contribution in [-0.2, 0) is 80.8 Å². The number of Topliss-reactive ketones (excluding diaryl/α,β-unsaturated/α-hetero) is 1. The molecule has 0 radical (unpaired) electrons. The fourth-order valence-electron chi connectivity index (χ4n) is 5.71. The lowest BCUT2D eigenvalue weighted by molar-refractivity contribution is -0.192. The van der Waals surface area contributed by atoms with Gasteiger partial charge in [0.05, 0.1) is 85.2 Å². The van der Waals surface area contributed by atoms with Crippen molar-refractivity contribution in [1.82, 2.24) is 5.32 Å². The quantitative estimate of drug-likeness (QED) is 0.0330. The van der Waals surface area contributed by atoms with Gasteiger partial charge in [0, 0.05) is 33.9 Å². The summed E-state index contributed by atoms with van der Waals surface area (Å²) in [4.78, 5) is 61.9. The molecule has 0 saturated heterocycles. The van der Waals surface area contributed by atoms with E-state index in [0.29, 0.717) is 5.56 Å². The van der Waals surface area contributed by atoms with Crippen molar-refractivity contribution in [2.45, 2.75) is 41.5 Å². The van der Waals surface area contributed by atoms with Gasteiger partial charge in [-0.05, 0) is 25.1 Å². The first-order valence-electron chi connectivity index (χ1n) is 21.2. The minimum atomic E-state index is -1.71. The van der Waals surface area contributed by atoms with E-state index in [-0.39, 0.29) is 96.1 Å². The van der Waals surface area contributed by atoms with Gasteiger partial charge in [-0.1, -0.05) is 44.0 Å². The van der Waals surface area contributed by atoms with E-state index in [1.807, 2.05) is 30.3 Å². The predicted octanol–water partition coefficient (Wildman–Crippen LogP) is 2.67. The number of rotatable bonds is 37. The first-order valence-corrected chi connectivity index (χ1v) is 22.1. The van der Waals surface area contributed by atoms with Crippen LogP contribution in [0.25, 0.3) is 0 Å². The van der Waals surface area contributed by atoms with Crippen molar-refractivity contribution in [3.63, 3.8) is 0 Å². The third-order valence-electron chi connectivity index (χ3n) is 8.96. The summed E-state index contributed by atoms with van der Waals surface area (Å²) in [6.45, 7) is 9.51. The molecule has 1 N–H and O–H groups in total. The molecule has 3 rings (SSSR count). The lowest BCUT2D eigenvalue weighted by atomic mass is 9.90. The number of nitrogens with zero attached hydrogens (tertiary/aromatic N) is 2. The second-order valence-corrected chi connectivity index (χ2v) is 15.2. The number of allylic oxidation sites excluding steroid dienone is 2. The number of fused-ring (bicyclic) bond motifs is 2. The van der Waals surface area contributed by atoms with E-state index >= 15 is 0 Å². The molecule has 1 aliphatic carbocycles. The third kappa shape index (κ3) is 21.9. The average molecular weight is 972 g/mol. The monoisotopic (exact) mass is 971 g/mol. The number of carbonyl (C=O) groups excluding carboxylic acids is 5. The Kier molecular flexibility index (Phi) is 27.3. The molecule has 0 saturated carbocycles. The fourth-order valence-corrected chi connectivity index (χ4v) is 6.96. The molecule has 1 aromatic carbocycles. The summed E-state index contributed by atoms with van der Waals surface area (Å²) in [6.07, 6.45) is 4.27. The first-order chi connectivity index (χ1) is 33.0. The van der Waals surface area contributed by atoms with Crippen LogP contribution in [0.4, 0.5) is 0 Å². The summed E-state index contributed by atoms with van der Waals surface area (Å²) < 4.78 is 71.2. The van der Waals surface area contributed by atoms with Crippen LogP contribution in [0.3, 0.4) is 0 Å². The van der Waals surface area contributed by atoms with Crippen molar-refractivity contribution < 1.29 is 85.6 Å². The highest BCUT2D eigenvalue weighted by molar-refractivity contribution is 8.00. The molecule has 5 unspecified atom stereocenters. The summed E-state index contributed by atoms with van der Waals surface area (Å²) >= 11 is 1.55. The zero-order valence-corrected chi connectivity index (χ0v) is 38.6. The molecule has 1 aliphatic heterocycles. The average Bonchev–Trinajstić information content (AvgIpc) is 3.35. The Morgan fingerprint density at radius 1 is 0.706 bits per heavy atom. The Labute approximate surface area is 398 Å². The molecule has 68 heavy (non-hydrogen) atoms. The maximum Gasteiger partial charge on any atom is 0.330 e. The molecular formula is C46H57N3O18S. The van der Waals surface area contributed by atoms with E-state index in [2.05, 4.69) is 25.1 Å². The smallest absolute Gasteiger partial charge is 0.330 e. The van der Waals surface area contributed by atoms with Gasteiger partial charge < -0.3 is 66.9 Å². The van der Waals surface area contributed by atoms with Crippen LogP contribution in [0.5, 0.6) is 0 Å².